The van der Waals surface area contributed by atoms with Crippen LogP contribution in [-0.2, 0) is 12.8 Å². The summed E-state index contributed by atoms with van der Waals surface area (Å²) >= 11 is 1.74. The number of hydrazone groups is 1. The van der Waals surface area contributed by atoms with Crippen LogP contribution < -0.4 is 5.43 Å². The molecule has 0 amide bonds. The third-order valence-corrected chi connectivity index (χ3v) is 4.86. The smallest absolute Gasteiger partial charge is 0.105 e. The molecule has 2 N–H and O–H groups in total. The highest BCUT2D eigenvalue weighted by Crippen LogP contribution is 2.24. The highest BCUT2D eigenvalue weighted by Gasteiger charge is 2.18. The number of H-pyrrole nitrogens is 1. The number of fused-ring (bicyclic) bond motifs is 1. The average molecular weight is 283 g/mol. The molecule has 2 aliphatic rings. The minimum atomic E-state index is 0.816. The van der Waals surface area contributed by atoms with Crippen molar-refractivity contribution in [2.75, 3.05) is 6.54 Å². The van der Waals surface area contributed by atoms with Crippen LogP contribution in [0.3, 0.4) is 0 Å². The fourth-order valence-corrected chi connectivity index (χ4v) is 3.75. The molecule has 0 bridgehead atoms. The first-order valence-corrected chi connectivity index (χ1v) is 8.04. The molecule has 0 aromatic carbocycles. The molecule has 102 valence electrons. The zero-order valence-corrected chi connectivity index (χ0v) is 12.1. The molecule has 0 unspecified atom stereocenters. The monoisotopic (exact) mass is 283 g/mol. The fourth-order valence-electron chi connectivity index (χ4n) is 3.00. The SMILES string of the molecule is C(=C1/CNN=C1c1cccs1)/c1cc2c([nH]1)CCCC2. The van der Waals surface area contributed by atoms with Crippen molar-refractivity contribution >= 4 is 23.1 Å². The molecule has 1 aliphatic heterocycles. The van der Waals surface area contributed by atoms with Crippen LogP contribution >= 0.6 is 11.3 Å². The zero-order valence-electron chi connectivity index (χ0n) is 11.3. The topological polar surface area (TPSA) is 40.2 Å². The van der Waals surface area contributed by atoms with Gasteiger partial charge in [0.15, 0.2) is 0 Å². The summed E-state index contributed by atoms with van der Waals surface area (Å²) in [5, 5.41) is 6.53. The molecule has 4 rings (SSSR count). The van der Waals surface area contributed by atoms with Crippen molar-refractivity contribution in [1.82, 2.24) is 10.4 Å². The summed E-state index contributed by atoms with van der Waals surface area (Å²) < 4.78 is 0. The maximum atomic E-state index is 4.43. The van der Waals surface area contributed by atoms with Gasteiger partial charge in [0, 0.05) is 17.0 Å². The first-order valence-electron chi connectivity index (χ1n) is 7.16. The lowest BCUT2D eigenvalue weighted by atomic mass is 9.98. The molecule has 3 heterocycles. The summed E-state index contributed by atoms with van der Waals surface area (Å²) in [4.78, 5) is 4.80. The lowest BCUT2D eigenvalue weighted by Crippen LogP contribution is -2.03. The van der Waals surface area contributed by atoms with Gasteiger partial charge >= 0.3 is 0 Å². The Morgan fingerprint density at radius 2 is 2.20 bits per heavy atom. The molecule has 20 heavy (non-hydrogen) atoms. The van der Waals surface area contributed by atoms with Crippen LogP contribution in [0.15, 0.2) is 34.3 Å². The van der Waals surface area contributed by atoms with Gasteiger partial charge in [0.1, 0.15) is 5.71 Å². The van der Waals surface area contributed by atoms with Gasteiger partial charge in [-0.25, -0.2) is 0 Å². The van der Waals surface area contributed by atoms with E-state index in [0.717, 1.165) is 12.3 Å². The summed E-state index contributed by atoms with van der Waals surface area (Å²) in [7, 11) is 0. The van der Waals surface area contributed by atoms with Crippen LogP contribution in [-0.4, -0.2) is 17.2 Å². The maximum Gasteiger partial charge on any atom is 0.105 e. The van der Waals surface area contributed by atoms with Crippen LogP contribution in [0, 0.1) is 0 Å². The number of rotatable bonds is 2. The Bertz CT molecular complexity index is 653. The Balaban J connectivity index is 1.66. The number of aryl methyl sites for hydroxylation is 2. The van der Waals surface area contributed by atoms with Crippen LogP contribution in [0.1, 0.15) is 34.7 Å². The lowest BCUT2D eigenvalue weighted by molar-refractivity contribution is 0.677. The molecule has 0 saturated carbocycles. The Hall–Kier alpha value is -1.81. The van der Waals surface area contributed by atoms with E-state index in [1.54, 1.807) is 11.3 Å². The van der Waals surface area contributed by atoms with Crippen molar-refractivity contribution in [2.45, 2.75) is 25.7 Å². The number of hydrogen-bond donors (Lipinski definition) is 2. The molecule has 4 heteroatoms. The van der Waals surface area contributed by atoms with Gasteiger partial charge in [0.05, 0.1) is 11.4 Å². The van der Waals surface area contributed by atoms with Crippen LogP contribution in [0.25, 0.3) is 6.08 Å². The molecule has 0 fully saturated rings. The summed E-state index contributed by atoms with van der Waals surface area (Å²) in [6, 6.07) is 6.52. The van der Waals surface area contributed by atoms with Crippen molar-refractivity contribution in [2.24, 2.45) is 5.10 Å². The summed E-state index contributed by atoms with van der Waals surface area (Å²) in [5.74, 6) is 0. The van der Waals surface area contributed by atoms with Gasteiger partial charge in [0.2, 0.25) is 0 Å². The molecular formula is C16H17N3S. The quantitative estimate of drug-likeness (QED) is 0.872. The summed E-state index contributed by atoms with van der Waals surface area (Å²) in [6.45, 7) is 0.816. The fraction of sp³-hybridized carbons (Fsp3) is 0.312. The van der Waals surface area contributed by atoms with E-state index < -0.39 is 0 Å². The second-order valence-corrected chi connectivity index (χ2v) is 6.33. The predicted octanol–water partition coefficient (Wildman–Crippen LogP) is 3.35. The third kappa shape index (κ3) is 2.10. The minimum absolute atomic E-state index is 0.816. The van der Waals surface area contributed by atoms with Crippen LogP contribution in [0.5, 0.6) is 0 Å². The van der Waals surface area contributed by atoms with Crippen LogP contribution in [0.4, 0.5) is 0 Å². The third-order valence-electron chi connectivity index (χ3n) is 3.98. The van der Waals surface area contributed by atoms with Crippen LogP contribution in [0.2, 0.25) is 0 Å². The number of nitrogens with zero attached hydrogens (tertiary/aromatic N) is 1. The van der Waals surface area contributed by atoms with E-state index in [9.17, 15) is 0 Å². The first-order chi connectivity index (χ1) is 9.90. The number of nitrogens with one attached hydrogen (secondary N) is 2. The lowest BCUT2D eigenvalue weighted by Gasteiger charge is -2.08. The Morgan fingerprint density at radius 1 is 1.25 bits per heavy atom. The van der Waals surface area contributed by atoms with Gasteiger partial charge in [-0.05, 0) is 54.8 Å². The molecule has 2 aromatic heterocycles. The van der Waals surface area contributed by atoms with Gasteiger partial charge in [-0.15, -0.1) is 11.3 Å². The van der Waals surface area contributed by atoms with E-state index in [4.69, 9.17) is 0 Å². The molecule has 0 radical (unpaired) electrons. The van der Waals surface area contributed by atoms with Crippen molar-refractivity contribution in [3.05, 3.63) is 51.0 Å². The molecule has 0 saturated heterocycles. The van der Waals surface area contributed by atoms with Gasteiger partial charge in [-0.3, -0.25) is 0 Å². The van der Waals surface area contributed by atoms with E-state index in [1.165, 1.54) is 53.1 Å². The van der Waals surface area contributed by atoms with Gasteiger partial charge in [-0.2, -0.15) is 5.10 Å². The summed E-state index contributed by atoms with van der Waals surface area (Å²) in [5.41, 5.74) is 9.62. The van der Waals surface area contributed by atoms with E-state index in [0.29, 0.717) is 0 Å². The van der Waals surface area contributed by atoms with E-state index >= 15 is 0 Å². The van der Waals surface area contributed by atoms with Crippen molar-refractivity contribution in [3.63, 3.8) is 0 Å². The highest BCUT2D eigenvalue weighted by atomic mass is 32.1. The summed E-state index contributed by atoms with van der Waals surface area (Å²) in [6.07, 6.45) is 7.30. The predicted molar refractivity (Wildman–Crippen MR) is 84.3 cm³/mol. The molecular weight excluding hydrogens is 266 g/mol. The number of aromatic amines is 1. The molecule has 0 atom stereocenters. The highest BCUT2D eigenvalue weighted by molar-refractivity contribution is 7.12. The molecule has 2 aromatic rings. The second kappa shape index (κ2) is 4.94. The second-order valence-electron chi connectivity index (χ2n) is 5.38. The van der Waals surface area contributed by atoms with Crippen molar-refractivity contribution in [1.29, 1.82) is 0 Å². The molecule has 1 aliphatic carbocycles. The average Bonchev–Trinajstić information content (AvgIpc) is 3.18. The van der Waals surface area contributed by atoms with Gasteiger partial charge < -0.3 is 10.4 Å². The first kappa shape index (κ1) is 12.0. The van der Waals surface area contributed by atoms with E-state index in [2.05, 4.69) is 45.2 Å². The Labute approximate surface area is 122 Å². The largest absolute Gasteiger partial charge is 0.359 e. The maximum absolute atomic E-state index is 4.43. The van der Waals surface area contributed by atoms with Gasteiger partial charge in [0.25, 0.3) is 0 Å². The number of thiophene rings is 1. The van der Waals surface area contributed by atoms with Gasteiger partial charge in [-0.1, -0.05) is 6.07 Å². The normalized spacial score (nSPS) is 19.8. The number of aromatic nitrogens is 1. The Morgan fingerprint density at radius 3 is 3.05 bits per heavy atom. The molecule has 3 nitrogen and oxygen atoms in total. The van der Waals surface area contributed by atoms with Crippen molar-refractivity contribution < 1.29 is 0 Å². The number of hydrogen-bond acceptors (Lipinski definition) is 3. The standard InChI is InChI=1S/C16H17N3S/c1-2-5-14-11(4-1)8-13(18-14)9-12-10-17-19-16(12)15-6-3-7-20-15/h3,6-9,17-18H,1-2,4-5,10H2/b12-9+. The van der Waals surface area contributed by atoms with E-state index in [-0.39, 0.29) is 0 Å². The molecule has 0 spiro atoms. The Kier molecular flexibility index (Phi) is 2.96. The minimum Gasteiger partial charge on any atom is -0.359 e. The van der Waals surface area contributed by atoms with E-state index in [1.807, 2.05) is 0 Å². The van der Waals surface area contributed by atoms with Crippen molar-refractivity contribution in [3.8, 4) is 0 Å². The zero-order chi connectivity index (χ0) is 13.4.